The van der Waals surface area contributed by atoms with E-state index in [0.29, 0.717) is 12.5 Å². The van der Waals surface area contributed by atoms with Crippen molar-refractivity contribution in [2.45, 2.75) is 51.5 Å². The van der Waals surface area contributed by atoms with Crippen LogP contribution < -0.4 is 16.8 Å². The summed E-state index contributed by atoms with van der Waals surface area (Å²) in [6.07, 6.45) is 6.00. The molecule has 0 aromatic rings. The van der Waals surface area contributed by atoms with Crippen LogP contribution >= 0.6 is 0 Å². The summed E-state index contributed by atoms with van der Waals surface area (Å²) < 4.78 is 0. The van der Waals surface area contributed by atoms with Crippen LogP contribution in [-0.2, 0) is 9.59 Å². The Hall–Kier alpha value is -1.10. The zero-order valence-electron chi connectivity index (χ0n) is 11.2. The summed E-state index contributed by atoms with van der Waals surface area (Å²) in [5.41, 5.74) is 10.5. The maximum absolute atomic E-state index is 11.5. The molecule has 0 bridgehead atoms. The maximum Gasteiger partial charge on any atom is 0.237 e. The Balaban J connectivity index is 2.13. The molecule has 104 valence electrons. The number of hydrogen-bond donors (Lipinski definition) is 3. The lowest BCUT2D eigenvalue weighted by Gasteiger charge is -2.26. The standard InChI is InChI=1S/C13H25N3O2/c1-9-2-4-10(5-3-9)6-7-16-13(18)11(14)8-12(15)17/h9-11H,2-8,14H2,1H3,(H2,15,17)(H,16,18). The first-order valence-electron chi connectivity index (χ1n) is 6.80. The lowest BCUT2D eigenvalue weighted by molar-refractivity contribution is -0.126. The molecule has 0 aromatic heterocycles. The highest BCUT2D eigenvalue weighted by Gasteiger charge is 2.19. The Kier molecular flexibility index (Phi) is 6.12. The predicted octanol–water partition coefficient (Wildman–Crippen LogP) is 0.522. The Morgan fingerprint density at radius 3 is 2.44 bits per heavy atom. The van der Waals surface area contributed by atoms with E-state index in [1.165, 1.54) is 25.7 Å². The normalized spacial score (nSPS) is 25.4. The fourth-order valence-electron chi connectivity index (χ4n) is 2.46. The molecule has 1 aliphatic carbocycles. The van der Waals surface area contributed by atoms with E-state index in [2.05, 4.69) is 12.2 Å². The van der Waals surface area contributed by atoms with Gasteiger partial charge in [-0.15, -0.1) is 0 Å². The molecule has 0 saturated heterocycles. The highest BCUT2D eigenvalue weighted by atomic mass is 16.2. The van der Waals surface area contributed by atoms with E-state index in [-0.39, 0.29) is 12.3 Å². The van der Waals surface area contributed by atoms with E-state index in [9.17, 15) is 9.59 Å². The number of primary amides is 1. The average Bonchev–Trinajstić information content (AvgIpc) is 2.30. The predicted molar refractivity (Wildman–Crippen MR) is 70.5 cm³/mol. The second-order valence-corrected chi connectivity index (χ2v) is 5.48. The van der Waals surface area contributed by atoms with Gasteiger partial charge in [0, 0.05) is 6.54 Å². The van der Waals surface area contributed by atoms with Gasteiger partial charge in [-0.3, -0.25) is 9.59 Å². The molecule has 0 heterocycles. The van der Waals surface area contributed by atoms with Gasteiger partial charge in [0.2, 0.25) is 11.8 Å². The minimum atomic E-state index is -0.811. The number of amides is 2. The van der Waals surface area contributed by atoms with Gasteiger partial charge >= 0.3 is 0 Å². The quantitative estimate of drug-likeness (QED) is 0.645. The molecule has 0 aliphatic heterocycles. The van der Waals surface area contributed by atoms with Gasteiger partial charge in [0.05, 0.1) is 12.5 Å². The summed E-state index contributed by atoms with van der Waals surface area (Å²) in [6.45, 7) is 2.94. The second-order valence-electron chi connectivity index (χ2n) is 5.48. The zero-order chi connectivity index (χ0) is 13.5. The molecule has 1 aliphatic rings. The van der Waals surface area contributed by atoms with Crippen molar-refractivity contribution in [2.75, 3.05) is 6.54 Å². The summed E-state index contributed by atoms with van der Waals surface area (Å²) in [7, 11) is 0. The molecule has 5 heteroatoms. The SMILES string of the molecule is CC1CCC(CCNC(=O)C(N)CC(N)=O)CC1. The van der Waals surface area contributed by atoms with Crippen LogP contribution in [-0.4, -0.2) is 24.4 Å². The fourth-order valence-corrected chi connectivity index (χ4v) is 2.46. The number of hydrogen-bond acceptors (Lipinski definition) is 3. The van der Waals surface area contributed by atoms with Crippen LogP contribution in [0.2, 0.25) is 0 Å². The summed E-state index contributed by atoms with van der Waals surface area (Å²) >= 11 is 0. The molecule has 0 radical (unpaired) electrons. The topological polar surface area (TPSA) is 98.2 Å². The molecular formula is C13H25N3O2. The maximum atomic E-state index is 11.5. The third kappa shape index (κ3) is 5.49. The molecule has 0 aromatic carbocycles. The summed E-state index contributed by atoms with van der Waals surface area (Å²) in [5.74, 6) is 0.741. The van der Waals surface area contributed by atoms with Gasteiger partial charge < -0.3 is 16.8 Å². The minimum absolute atomic E-state index is 0.0905. The van der Waals surface area contributed by atoms with Crippen molar-refractivity contribution in [3.05, 3.63) is 0 Å². The summed E-state index contributed by atoms with van der Waals surface area (Å²) in [6, 6.07) is -0.811. The first-order valence-corrected chi connectivity index (χ1v) is 6.80. The number of nitrogens with one attached hydrogen (secondary N) is 1. The molecule has 2 amide bonds. The third-order valence-electron chi connectivity index (χ3n) is 3.75. The summed E-state index contributed by atoms with van der Waals surface area (Å²) in [4.78, 5) is 22.2. The van der Waals surface area contributed by atoms with Crippen LogP contribution in [0.5, 0.6) is 0 Å². The van der Waals surface area contributed by atoms with Gasteiger partial charge in [-0.1, -0.05) is 32.6 Å². The Morgan fingerprint density at radius 2 is 1.89 bits per heavy atom. The van der Waals surface area contributed by atoms with Crippen molar-refractivity contribution < 1.29 is 9.59 Å². The zero-order valence-corrected chi connectivity index (χ0v) is 11.2. The van der Waals surface area contributed by atoms with Gasteiger partial charge in [-0.2, -0.15) is 0 Å². The summed E-state index contributed by atoms with van der Waals surface area (Å²) in [5, 5.41) is 2.77. The van der Waals surface area contributed by atoms with Crippen LogP contribution in [0.25, 0.3) is 0 Å². The first-order chi connectivity index (χ1) is 8.49. The number of carbonyl (C=O) groups is 2. The highest BCUT2D eigenvalue weighted by Crippen LogP contribution is 2.29. The lowest BCUT2D eigenvalue weighted by atomic mass is 9.81. The van der Waals surface area contributed by atoms with Crippen molar-refractivity contribution in [3.63, 3.8) is 0 Å². The average molecular weight is 255 g/mol. The molecule has 1 atom stereocenters. The number of nitrogens with two attached hydrogens (primary N) is 2. The van der Waals surface area contributed by atoms with Gasteiger partial charge in [0.25, 0.3) is 0 Å². The molecule has 1 saturated carbocycles. The molecular weight excluding hydrogens is 230 g/mol. The van der Waals surface area contributed by atoms with E-state index < -0.39 is 11.9 Å². The number of rotatable bonds is 6. The Bertz CT molecular complexity index is 286. The second kappa shape index (κ2) is 7.36. The highest BCUT2D eigenvalue weighted by molar-refractivity contribution is 5.87. The van der Waals surface area contributed by atoms with Crippen molar-refractivity contribution in [1.29, 1.82) is 0 Å². The Morgan fingerprint density at radius 1 is 1.28 bits per heavy atom. The van der Waals surface area contributed by atoms with Crippen molar-refractivity contribution in [3.8, 4) is 0 Å². The minimum Gasteiger partial charge on any atom is -0.370 e. The molecule has 0 spiro atoms. The number of carbonyl (C=O) groups excluding carboxylic acids is 2. The molecule has 1 rings (SSSR count). The van der Waals surface area contributed by atoms with Crippen LogP contribution in [0, 0.1) is 11.8 Å². The molecule has 1 unspecified atom stereocenters. The molecule has 5 nitrogen and oxygen atoms in total. The van der Waals surface area contributed by atoms with Gasteiger partial charge in [0.15, 0.2) is 0 Å². The smallest absolute Gasteiger partial charge is 0.237 e. The van der Waals surface area contributed by atoms with Crippen LogP contribution in [0.4, 0.5) is 0 Å². The van der Waals surface area contributed by atoms with Crippen molar-refractivity contribution in [1.82, 2.24) is 5.32 Å². The van der Waals surface area contributed by atoms with Gasteiger partial charge in [-0.05, 0) is 18.3 Å². The van der Waals surface area contributed by atoms with E-state index >= 15 is 0 Å². The fraction of sp³-hybridized carbons (Fsp3) is 0.846. The molecule has 18 heavy (non-hydrogen) atoms. The Labute approximate surface area is 109 Å². The van der Waals surface area contributed by atoms with Gasteiger partial charge in [0.1, 0.15) is 0 Å². The molecule has 1 fully saturated rings. The van der Waals surface area contributed by atoms with E-state index in [0.717, 1.165) is 12.3 Å². The van der Waals surface area contributed by atoms with Crippen molar-refractivity contribution in [2.24, 2.45) is 23.3 Å². The van der Waals surface area contributed by atoms with Crippen LogP contribution in [0.1, 0.15) is 45.4 Å². The van der Waals surface area contributed by atoms with E-state index in [1.807, 2.05) is 0 Å². The van der Waals surface area contributed by atoms with E-state index in [4.69, 9.17) is 11.5 Å². The third-order valence-corrected chi connectivity index (χ3v) is 3.75. The monoisotopic (exact) mass is 255 g/mol. The lowest BCUT2D eigenvalue weighted by Crippen LogP contribution is -2.43. The first kappa shape index (κ1) is 15.0. The van der Waals surface area contributed by atoms with Crippen LogP contribution in [0.15, 0.2) is 0 Å². The van der Waals surface area contributed by atoms with Crippen LogP contribution in [0.3, 0.4) is 0 Å². The van der Waals surface area contributed by atoms with E-state index in [1.54, 1.807) is 0 Å². The molecule has 5 N–H and O–H groups in total. The largest absolute Gasteiger partial charge is 0.370 e. The van der Waals surface area contributed by atoms with Gasteiger partial charge in [-0.25, -0.2) is 0 Å². The van der Waals surface area contributed by atoms with Crippen molar-refractivity contribution >= 4 is 11.8 Å².